The van der Waals surface area contributed by atoms with Crippen LogP contribution in [0.3, 0.4) is 0 Å². The highest BCUT2D eigenvalue weighted by molar-refractivity contribution is 9.09. The minimum Gasteiger partial charge on any atom is -0.317 e. The first-order valence-electron chi connectivity index (χ1n) is 7.77. The standard InChI is InChI=1S/C21H20BrN/c22-16-20(17-10-4-1-5-11-17)21(23,18-12-6-2-7-13-18)19-14-8-3-9-15-19/h1-15,20H,16,23H2. The Hall–Kier alpha value is -1.90. The normalized spacial score (nSPS) is 12.8. The molecule has 3 rings (SSSR count). The maximum absolute atomic E-state index is 7.10. The number of nitrogens with two attached hydrogens (primary N) is 1. The molecule has 0 radical (unpaired) electrons. The quantitative estimate of drug-likeness (QED) is 0.627. The molecule has 0 aliphatic rings. The topological polar surface area (TPSA) is 26.0 Å². The first kappa shape index (κ1) is 16.0. The van der Waals surface area contributed by atoms with Gasteiger partial charge in [-0.25, -0.2) is 0 Å². The Balaban J connectivity index is 2.19. The highest BCUT2D eigenvalue weighted by Crippen LogP contribution is 2.41. The molecule has 0 fully saturated rings. The van der Waals surface area contributed by atoms with Gasteiger partial charge in [-0.2, -0.15) is 0 Å². The molecule has 0 heterocycles. The van der Waals surface area contributed by atoms with Crippen molar-refractivity contribution >= 4 is 15.9 Å². The van der Waals surface area contributed by atoms with Crippen LogP contribution in [-0.2, 0) is 5.54 Å². The third-order valence-electron chi connectivity index (χ3n) is 4.41. The molecule has 0 spiro atoms. The molecule has 1 unspecified atom stereocenters. The van der Waals surface area contributed by atoms with E-state index in [0.29, 0.717) is 0 Å². The molecule has 1 nitrogen and oxygen atoms in total. The van der Waals surface area contributed by atoms with E-state index >= 15 is 0 Å². The highest BCUT2D eigenvalue weighted by Gasteiger charge is 2.38. The van der Waals surface area contributed by atoms with Crippen LogP contribution in [0, 0.1) is 0 Å². The fraction of sp³-hybridized carbons (Fsp3) is 0.143. The molecule has 0 amide bonds. The minimum absolute atomic E-state index is 0.133. The molecular formula is C21H20BrN. The third-order valence-corrected chi connectivity index (χ3v) is 5.06. The van der Waals surface area contributed by atoms with E-state index in [0.717, 1.165) is 16.5 Å². The van der Waals surface area contributed by atoms with Crippen LogP contribution < -0.4 is 5.73 Å². The summed E-state index contributed by atoms with van der Waals surface area (Å²) in [7, 11) is 0. The van der Waals surface area contributed by atoms with Crippen LogP contribution in [-0.4, -0.2) is 5.33 Å². The average molecular weight is 366 g/mol. The summed E-state index contributed by atoms with van der Waals surface area (Å²) < 4.78 is 0. The van der Waals surface area contributed by atoms with Crippen molar-refractivity contribution < 1.29 is 0 Å². The van der Waals surface area contributed by atoms with Gasteiger partial charge in [-0.15, -0.1) is 0 Å². The molecule has 116 valence electrons. The van der Waals surface area contributed by atoms with Gasteiger partial charge in [0.15, 0.2) is 0 Å². The lowest BCUT2D eigenvalue weighted by molar-refractivity contribution is 0.455. The zero-order valence-corrected chi connectivity index (χ0v) is 14.5. The zero-order valence-electron chi connectivity index (χ0n) is 12.9. The Morgan fingerprint density at radius 1 is 0.696 bits per heavy atom. The van der Waals surface area contributed by atoms with E-state index in [1.54, 1.807) is 0 Å². The van der Waals surface area contributed by atoms with Gasteiger partial charge < -0.3 is 5.73 Å². The number of hydrogen-bond acceptors (Lipinski definition) is 1. The lowest BCUT2D eigenvalue weighted by Crippen LogP contribution is -2.44. The van der Waals surface area contributed by atoms with Crippen LogP contribution in [0.5, 0.6) is 0 Å². The molecule has 0 aromatic heterocycles. The van der Waals surface area contributed by atoms with E-state index in [4.69, 9.17) is 5.73 Å². The number of halogens is 1. The lowest BCUT2D eigenvalue weighted by Gasteiger charge is -2.38. The maximum Gasteiger partial charge on any atom is 0.0743 e. The molecule has 0 bridgehead atoms. The van der Waals surface area contributed by atoms with Crippen molar-refractivity contribution in [3.63, 3.8) is 0 Å². The summed E-state index contributed by atoms with van der Waals surface area (Å²) in [6, 6.07) is 31.2. The van der Waals surface area contributed by atoms with Crippen molar-refractivity contribution in [3.05, 3.63) is 108 Å². The largest absolute Gasteiger partial charge is 0.317 e. The molecule has 0 saturated carbocycles. The smallest absolute Gasteiger partial charge is 0.0743 e. The summed E-state index contributed by atoms with van der Waals surface area (Å²) in [6.45, 7) is 0. The van der Waals surface area contributed by atoms with Crippen LogP contribution >= 0.6 is 15.9 Å². The first-order valence-corrected chi connectivity index (χ1v) is 8.90. The minimum atomic E-state index is -0.590. The summed E-state index contributed by atoms with van der Waals surface area (Å²) in [5.41, 5.74) is 9.99. The van der Waals surface area contributed by atoms with Crippen molar-refractivity contribution in [1.29, 1.82) is 0 Å². The molecule has 1 atom stereocenters. The second kappa shape index (κ2) is 7.12. The second-order valence-electron chi connectivity index (χ2n) is 5.72. The molecule has 2 heteroatoms. The summed E-state index contributed by atoms with van der Waals surface area (Å²) in [6.07, 6.45) is 0. The van der Waals surface area contributed by atoms with Gasteiger partial charge in [0.25, 0.3) is 0 Å². The van der Waals surface area contributed by atoms with Gasteiger partial charge in [0.1, 0.15) is 0 Å². The molecule has 0 aliphatic heterocycles. The van der Waals surface area contributed by atoms with Gasteiger partial charge in [-0.05, 0) is 16.7 Å². The van der Waals surface area contributed by atoms with Gasteiger partial charge in [0.05, 0.1) is 5.54 Å². The van der Waals surface area contributed by atoms with Gasteiger partial charge >= 0.3 is 0 Å². The SMILES string of the molecule is NC(c1ccccc1)(c1ccccc1)C(CBr)c1ccccc1. The molecule has 0 saturated heterocycles. The monoisotopic (exact) mass is 365 g/mol. The summed E-state index contributed by atoms with van der Waals surface area (Å²) >= 11 is 3.70. The molecule has 3 aromatic carbocycles. The molecule has 2 N–H and O–H groups in total. The summed E-state index contributed by atoms with van der Waals surface area (Å²) in [5, 5.41) is 0.789. The van der Waals surface area contributed by atoms with Gasteiger partial charge in [0.2, 0.25) is 0 Å². The third kappa shape index (κ3) is 3.10. The van der Waals surface area contributed by atoms with Crippen LogP contribution in [0.4, 0.5) is 0 Å². The zero-order chi connectivity index (χ0) is 16.1. The van der Waals surface area contributed by atoms with Crippen LogP contribution in [0.2, 0.25) is 0 Å². The van der Waals surface area contributed by atoms with Gasteiger partial charge in [-0.1, -0.05) is 107 Å². The maximum atomic E-state index is 7.10. The molecule has 0 aliphatic carbocycles. The van der Waals surface area contributed by atoms with E-state index in [1.165, 1.54) is 5.56 Å². The van der Waals surface area contributed by atoms with Crippen molar-refractivity contribution in [3.8, 4) is 0 Å². The van der Waals surface area contributed by atoms with E-state index in [-0.39, 0.29) is 5.92 Å². The van der Waals surface area contributed by atoms with E-state index in [1.807, 2.05) is 18.2 Å². The fourth-order valence-corrected chi connectivity index (χ4v) is 4.04. The Morgan fingerprint density at radius 3 is 1.48 bits per heavy atom. The van der Waals surface area contributed by atoms with E-state index in [2.05, 4.69) is 88.7 Å². The Morgan fingerprint density at radius 2 is 1.09 bits per heavy atom. The molecule has 3 aromatic rings. The highest BCUT2D eigenvalue weighted by atomic mass is 79.9. The Labute approximate surface area is 146 Å². The Kier molecular flexibility index (Phi) is 4.94. The Bertz CT molecular complexity index is 686. The van der Waals surface area contributed by atoms with Crippen molar-refractivity contribution in [2.75, 3.05) is 5.33 Å². The second-order valence-corrected chi connectivity index (χ2v) is 6.37. The van der Waals surface area contributed by atoms with Gasteiger partial charge in [-0.3, -0.25) is 0 Å². The van der Waals surface area contributed by atoms with Crippen LogP contribution in [0.25, 0.3) is 0 Å². The number of rotatable bonds is 5. The number of alkyl halides is 1. The predicted molar refractivity (Wildman–Crippen MR) is 101 cm³/mol. The van der Waals surface area contributed by atoms with Crippen molar-refractivity contribution in [2.24, 2.45) is 5.73 Å². The van der Waals surface area contributed by atoms with Crippen molar-refractivity contribution in [2.45, 2.75) is 11.5 Å². The number of benzene rings is 3. The first-order chi connectivity index (χ1) is 11.3. The van der Waals surface area contributed by atoms with Crippen LogP contribution in [0.1, 0.15) is 22.6 Å². The molecular weight excluding hydrogens is 346 g/mol. The molecule has 23 heavy (non-hydrogen) atoms. The predicted octanol–water partition coefficient (Wildman–Crippen LogP) is 5.07. The van der Waals surface area contributed by atoms with Crippen molar-refractivity contribution in [1.82, 2.24) is 0 Å². The summed E-state index contributed by atoms with van der Waals surface area (Å²) in [5.74, 6) is 0.133. The number of hydrogen-bond donors (Lipinski definition) is 1. The summed E-state index contributed by atoms with van der Waals surface area (Å²) in [4.78, 5) is 0. The van der Waals surface area contributed by atoms with E-state index in [9.17, 15) is 0 Å². The van der Waals surface area contributed by atoms with E-state index < -0.39 is 5.54 Å². The van der Waals surface area contributed by atoms with Crippen LogP contribution in [0.15, 0.2) is 91.0 Å². The average Bonchev–Trinajstić information content (AvgIpc) is 2.64. The fourth-order valence-electron chi connectivity index (χ4n) is 3.16. The van der Waals surface area contributed by atoms with Gasteiger partial charge in [0, 0.05) is 11.2 Å². The lowest BCUT2D eigenvalue weighted by atomic mass is 9.72.